The van der Waals surface area contributed by atoms with Gasteiger partial charge in [-0.3, -0.25) is 4.79 Å². The van der Waals surface area contributed by atoms with Crippen LogP contribution in [0.3, 0.4) is 0 Å². The van der Waals surface area contributed by atoms with Gasteiger partial charge in [-0.2, -0.15) is 0 Å². The minimum Gasteiger partial charge on any atom is -0.487 e. The molecule has 1 atom stereocenters. The minimum absolute atomic E-state index is 0.0129. The zero-order chi connectivity index (χ0) is 18.0. The fourth-order valence-electron chi connectivity index (χ4n) is 3.43. The van der Waals surface area contributed by atoms with Crippen molar-refractivity contribution in [2.75, 3.05) is 0 Å². The van der Waals surface area contributed by atoms with Gasteiger partial charge in [0.15, 0.2) is 0 Å². The van der Waals surface area contributed by atoms with Crippen molar-refractivity contribution in [3.05, 3.63) is 64.7 Å². The molecule has 0 radical (unpaired) electrons. The number of hydrogen-bond acceptors (Lipinski definition) is 2. The van der Waals surface area contributed by atoms with E-state index in [-0.39, 0.29) is 17.6 Å². The molecule has 0 fully saturated rings. The molecular formula is C22H27NO2. The first-order valence-electron chi connectivity index (χ1n) is 9.03. The van der Waals surface area contributed by atoms with Crippen molar-refractivity contribution in [2.24, 2.45) is 0 Å². The maximum atomic E-state index is 12.6. The predicted molar refractivity (Wildman–Crippen MR) is 101 cm³/mol. The first-order valence-corrected chi connectivity index (χ1v) is 9.03. The molecule has 0 aromatic heterocycles. The van der Waals surface area contributed by atoms with Gasteiger partial charge < -0.3 is 10.1 Å². The van der Waals surface area contributed by atoms with Crippen molar-refractivity contribution in [1.29, 1.82) is 0 Å². The quantitative estimate of drug-likeness (QED) is 0.891. The van der Waals surface area contributed by atoms with Gasteiger partial charge in [0.1, 0.15) is 11.4 Å². The molecule has 2 aromatic carbocycles. The number of fused-ring (bicyclic) bond motifs is 1. The van der Waals surface area contributed by atoms with Gasteiger partial charge in [0, 0.05) is 12.0 Å². The number of nitrogens with one attached hydrogen (secondary N) is 1. The summed E-state index contributed by atoms with van der Waals surface area (Å²) in [7, 11) is 0. The summed E-state index contributed by atoms with van der Waals surface area (Å²) in [4.78, 5) is 12.6. The molecule has 1 aliphatic rings. The van der Waals surface area contributed by atoms with Crippen LogP contribution in [0.25, 0.3) is 0 Å². The molecule has 0 unspecified atom stereocenters. The molecule has 0 aliphatic carbocycles. The molecular weight excluding hydrogens is 310 g/mol. The van der Waals surface area contributed by atoms with Gasteiger partial charge in [0.25, 0.3) is 0 Å². The Morgan fingerprint density at radius 2 is 1.84 bits per heavy atom. The normalized spacial score (nSPS) is 18.2. The van der Waals surface area contributed by atoms with Crippen molar-refractivity contribution in [3.8, 4) is 5.75 Å². The van der Waals surface area contributed by atoms with E-state index in [9.17, 15) is 4.79 Å². The zero-order valence-electron chi connectivity index (χ0n) is 15.6. The topological polar surface area (TPSA) is 38.3 Å². The number of benzene rings is 2. The molecule has 1 heterocycles. The number of carbonyl (C=O) groups is 1. The van der Waals surface area contributed by atoms with E-state index in [2.05, 4.69) is 51.2 Å². The van der Waals surface area contributed by atoms with Crippen LogP contribution in [0.1, 0.15) is 55.5 Å². The molecule has 3 nitrogen and oxygen atoms in total. The standard InChI is InChI=1S/C22H27NO2/c1-5-16-7-9-17(10-8-16)13-21(24)23-19-14-22(3,4)25-20-11-6-15(2)12-18(19)20/h6-12,19H,5,13-14H2,1-4H3,(H,23,24)/t19-/m1/s1. The van der Waals surface area contributed by atoms with Crippen molar-refractivity contribution in [1.82, 2.24) is 5.32 Å². The summed E-state index contributed by atoms with van der Waals surface area (Å²) in [5.41, 5.74) is 4.30. The highest BCUT2D eigenvalue weighted by atomic mass is 16.5. The molecule has 1 amide bonds. The number of rotatable bonds is 4. The molecule has 25 heavy (non-hydrogen) atoms. The zero-order valence-corrected chi connectivity index (χ0v) is 15.6. The van der Waals surface area contributed by atoms with Crippen LogP contribution in [0.5, 0.6) is 5.75 Å². The van der Waals surface area contributed by atoms with E-state index in [0.717, 1.165) is 29.7 Å². The third-order valence-electron chi connectivity index (χ3n) is 4.75. The summed E-state index contributed by atoms with van der Waals surface area (Å²) in [6.45, 7) is 8.33. The van der Waals surface area contributed by atoms with Crippen LogP contribution < -0.4 is 10.1 Å². The van der Waals surface area contributed by atoms with Gasteiger partial charge >= 0.3 is 0 Å². The van der Waals surface area contributed by atoms with E-state index < -0.39 is 0 Å². The van der Waals surface area contributed by atoms with E-state index in [4.69, 9.17) is 4.74 Å². The van der Waals surface area contributed by atoms with E-state index in [1.54, 1.807) is 0 Å². The molecule has 3 rings (SSSR count). The lowest BCUT2D eigenvalue weighted by molar-refractivity contribution is -0.121. The predicted octanol–water partition coefficient (Wildman–Crippen LogP) is 4.52. The van der Waals surface area contributed by atoms with Crippen LogP contribution in [0.4, 0.5) is 0 Å². The number of amides is 1. The molecule has 1 aliphatic heterocycles. The van der Waals surface area contributed by atoms with Gasteiger partial charge in [-0.15, -0.1) is 0 Å². The van der Waals surface area contributed by atoms with Gasteiger partial charge in [0.2, 0.25) is 5.91 Å². The van der Waals surface area contributed by atoms with Crippen LogP contribution in [0, 0.1) is 6.92 Å². The Balaban J connectivity index is 1.74. The van der Waals surface area contributed by atoms with Gasteiger partial charge in [-0.25, -0.2) is 0 Å². The van der Waals surface area contributed by atoms with Gasteiger partial charge in [0.05, 0.1) is 12.5 Å². The summed E-state index contributed by atoms with van der Waals surface area (Å²) in [6.07, 6.45) is 2.19. The number of hydrogen-bond donors (Lipinski definition) is 1. The highest BCUT2D eigenvalue weighted by molar-refractivity contribution is 5.79. The van der Waals surface area contributed by atoms with Crippen LogP contribution >= 0.6 is 0 Å². The lowest BCUT2D eigenvalue weighted by Gasteiger charge is -2.38. The number of carbonyl (C=O) groups excluding carboxylic acids is 1. The Labute approximate surface area is 150 Å². The Bertz CT molecular complexity index is 762. The Morgan fingerprint density at radius 1 is 1.16 bits per heavy atom. The van der Waals surface area contributed by atoms with E-state index in [1.165, 1.54) is 11.1 Å². The summed E-state index contributed by atoms with van der Waals surface area (Å²) in [6, 6.07) is 14.4. The Morgan fingerprint density at radius 3 is 2.52 bits per heavy atom. The van der Waals surface area contributed by atoms with Crippen molar-refractivity contribution in [3.63, 3.8) is 0 Å². The second-order valence-corrected chi connectivity index (χ2v) is 7.57. The summed E-state index contributed by atoms with van der Waals surface area (Å²) in [5, 5.41) is 3.22. The van der Waals surface area contributed by atoms with E-state index in [1.807, 2.05) is 24.3 Å². The average Bonchev–Trinajstić information content (AvgIpc) is 2.55. The second kappa shape index (κ2) is 6.91. The Hall–Kier alpha value is -2.29. The van der Waals surface area contributed by atoms with E-state index in [0.29, 0.717) is 6.42 Å². The van der Waals surface area contributed by atoms with Crippen molar-refractivity contribution < 1.29 is 9.53 Å². The van der Waals surface area contributed by atoms with Crippen LogP contribution in [0.15, 0.2) is 42.5 Å². The Kier molecular flexibility index (Phi) is 4.85. The largest absolute Gasteiger partial charge is 0.487 e. The van der Waals surface area contributed by atoms with Crippen molar-refractivity contribution in [2.45, 2.75) is 58.6 Å². The fraction of sp³-hybridized carbons (Fsp3) is 0.409. The molecule has 1 N–H and O–H groups in total. The minimum atomic E-state index is -0.289. The molecule has 3 heteroatoms. The SMILES string of the molecule is CCc1ccc(CC(=O)N[C@@H]2CC(C)(C)Oc3ccc(C)cc32)cc1. The molecule has 0 saturated carbocycles. The third kappa shape index (κ3) is 4.22. The molecule has 2 aromatic rings. The van der Waals surface area contributed by atoms with E-state index >= 15 is 0 Å². The number of aryl methyl sites for hydroxylation is 2. The molecule has 0 bridgehead atoms. The summed E-state index contributed by atoms with van der Waals surface area (Å²) in [5.74, 6) is 0.929. The molecule has 0 spiro atoms. The monoisotopic (exact) mass is 337 g/mol. The summed E-state index contributed by atoms with van der Waals surface area (Å²) >= 11 is 0. The third-order valence-corrected chi connectivity index (χ3v) is 4.75. The average molecular weight is 337 g/mol. The van der Waals surface area contributed by atoms with Crippen molar-refractivity contribution >= 4 is 5.91 Å². The lowest BCUT2D eigenvalue weighted by atomic mass is 9.89. The molecule has 0 saturated heterocycles. The molecule has 132 valence electrons. The first kappa shape index (κ1) is 17.5. The highest BCUT2D eigenvalue weighted by Crippen LogP contribution is 2.39. The smallest absolute Gasteiger partial charge is 0.224 e. The second-order valence-electron chi connectivity index (χ2n) is 7.57. The van der Waals surface area contributed by atoms with Gasteiger partial charge in [-0.1, -0.05) is 48.9 Å². The fourth-order valence-corrected chi connectivity index (χ4v) is 3.43. The first-order chi connectivity index (χ1) is 11.9. The highest BCUT2D eigenvalue weighted by Gasteiger charge is 2.34. The maximum absolute atomic E-state index is 12.6. The maximum Gasteiger partial charge on any atom is 0.224 e. The van der Waals surface area contributed by atoms with Gasteiger partial charge in [-0.05, 0) is 44.4 Å². The number of ether oxygens (including phenoxy) is 1. The lowest BCUT2D eigenvalue weighted by Crippen LogP contribution is -2.41. The van der Waals surface area contributed by atoms with Crippen LogP contribution in [-0.4, -0.2) is 11.5 Å². The van der Waals surface area contributed by atoms with Crippen LogP contribution in [0.2, 0.25) is 0 Å². The summed E-state index contributed by atoms with van der Waals surface area (Å²) < 4.78 is 6.08. The van der Waals surface area contributed by atoms with Crippen LogP contribution in [-0.2, 0) is 17.6 Å².